The molecule has 27 heavy (non-hydrogen) atoms. The molecule has 2 heterocycles. The van der Waals surface area contributed by atoms with Gasteiger partial charge in [0.05, 0.1) is 18.1 Å². The van der Waals surface area contributed by atoms with Crippen LogP contribution in [0.25, 0.3) is 10.1 Å². The average molecular weight is 385 g/mol. The van der Waals surface area contributed by atoms with Gasteiger partial charge in [-0.3, -0.25) is 9.59 Å². The van der Waals surface area contributed by atoms with Gasteiger partial charge in [-0.05, 0) is 25.0 Å². The van der Waals surface area contributed by atoms with Gasteiger partial charge in [-0.25, -0.2) is 0 Å². The summed E-state index contributed by atoms with van der Waals surface area (Å²) in [6.07, 6.45) is 1.82. The van der Waals surface area contributed by atoms with Crippen molar-refractivity contribution in [3.8, 4) is 5.75 Å². The van der Waals surface area contributed by atoms with E-state index in [1.807, 2.05) is 43.5 Å². The second kappa shape index (κ2) is 7.96. The lowest BCUT2D eigenvalue weighted by Crippen LogP contribution is -2.27. The first-order valence-electron chi connectivity index (χ1n) is 8.95. The Hall–Kier alpha value is -2.60. The number of nitrogens with zero attached hydrogens (tertiary/aromatic N) is 1. The molecular formula is C21H24N2O3S. The van der Waals surface area contributed by atoms with E-state index in [-0.39, 0.29) is 11.5 Å². The largest absolute Gasteiger partial charge is 0.496 e. The molecular weight excluding hydrogens is 360 g/mol. The van der Waals surface area contributed by atoms with Crippen molar-refractivity contribution >= 4 is 27.3 Å². The summed E-state index contributed by atoms with van der Waals surface area (Å²) in [4.78, 5) is 26.7. The van der Waals surface area contributed by atoms with Crippen LogP contribution in [-0.4, -0.2) is 17.6 Å². The van der Waals surface area contributed by atoms with Gasteiger partial charge < -0.3 is 14.6 Å². The summed E-state index contributed by atoms with van der Waals surface area (Å²) in [6, 6.07) is 9.48. The standard InChI is InChI=1S/C21H24N2O3S/c1-13(2)12-23-10-9-17-19(21(23)25)18(14(3)27-17)20(24)22-11-15-7-5-6-8-16(15)26-4/h5-10,13H,11-12H2,1-4H3,(H,22,24). The lowest BCUT2D eigenvalue weighted by molar-refractivity contribution is 0.0952. The maximum absolute atomic E-state index is 12.9. The first-order valence-corrected chi connectivity index (χ1v) is 9.76. The molecule has 0 radical (unpaired) electrons. The van der Waals surface area contributed by atoms with E-state index in [0.29, 0.717) is 30.0 Å². The van der Waals surface area contributed by atoms with Gasteiger partial charge >= 0.3 is 0 Å². The molecule has 0 atom stereocenters. The van der Waals surface area contributed by atoms with Gasteiger partial charge in [-0.15, -0.1) is 11.3 Å². The number of pyridine rings is 1. The van der Waals surface area contributed by atoms with Gasteiger partial charge in [0.2, 0.25) is 0 Å². The molecule has 2 aromatic heterocycles. The van der Waals surface area contributed by atoms with Crippen LogP contribution in [-0.2, 0) is 13.1 Å². The SMILES string of the molecule is COc1ccccc1CNC(=O)c1c(C)sc2ccn(CC(C)C)c(=O)c12. The number of methoxy groups -OCH3 is 1. The molecule has 1 N–H and O–H groups in total. The molecule has 0 fully saturated rings. The van der Waals surface area contributed by atoms with Gasteiger partial charge in [-0.2, -0.15) is 0 Å². The summed E-state index contributed by atoms with van der Waals surface area (Å²) >= 11 is 1.48. The van der Waals surface area contributed by atoms with Crippen LogP contribution in [0.1, 0.15) is 34.6 Å². The quantitative estimate of drug-likeness (QED) is 0.700. The summed E-state index contributed by atoms with van der Waals surface area (Å²) in [5.41, 5.74) is 1.27. The number of hydrogen-bond donors (Lipinski definition) is 1. The number of carbonyl (C=O) groups excluding carboxylic acids is 1. The molecule has 1 amide bonds. The number of aromatic nitrogens is 1. The van der Waals surface area contributed by atoms with Crippen LogP contribution < -0.4 is 15.6 Å². The summed E-state index contributed by atoms with van der Waals surface area (Å²) < 4.78 is 7.87. The summed E-state index contributed by atoms with van der Waals surface area (Å²) in [5.74, 6) is 0.843. The van der Waals surface area contributed by atoms with Gasteiger partial charge in [0, 0.05) is 34.4 Å². The van der Waals surface area contributed by atoms with Crippen LogP contribution in [0.15, 0.2) is 41.3 Å². The minimum absolute atomic E-state index is 0.104. The molecule has 0 saturated heterocycles. The predicted molar refractivity (Wildman–Crippen MR) is 110 cm³/mol. The van der Waals surface area contributed by atoms with Crippen molar-refractivity contribution in [2.24, 2.45) is 5.92 Å². The third-order valence-corrected chi connectivity index (χ3v) is 5.48. The highest BCUT2D eigenvalue weighted by molar-refractivity contribution is 7.19. The molecule has 0 bridgehead atoms. The number of para-hydroxylation sites is 1. The number of ether oxygens (including phenoxy) is 1. The van der Waals surface area contributed by atoms with Crippen molar-refractivity contribution in [3.05, 3.63) is 62.9 Å². The second-order valence-corrected chi connectivity index (χ2v) is 8.19. The fourth-order valence-corrected chi connectivity index (χ4v) is 4.24. The van der Waals surface area contributed by atoms with E-state index in [1.165, 1.54) is 11.3 Å². The number of benzene rings is 1. The minimum atomic E-state index is -0.232. The van der Waals surface area contributed by atoms with E-state index < -0.39 is 0 Å². The highest BCUT2D eigenvalue weighted by Gasteiger charge is 2.20. The third kappa shape index (κ3) is 3.90. The molecule has 0 aliphatic rings. The fourth-order valence-electron chi connectivity index (χ4n) is 3.19. The maximum atomic E-state index is 12.9. The first kappa shape index (κ1) is 19.2. The Morgan fingerprint density at radius 2 is 2.00 bits per heavy atom. The molecule has 0 spiro atoms. The van der Waals surface area contributed by atoms with Gasteiger partial charge in [0.25, 0.3) is 11.5 Å². The highest BCUT2D eigenvalue weighted by Crippen LogP contribution is 2.28. The Morgan fingerprint density at radius 1 is 1.26 bits per heavy atom. The van der Waals surface area contributed by atoms with E-state index in [1.54, 1.807) is 11.7 Å². The van der Waals surface area contributed by atoms with E-state index in [9.17, 15) is 9.59 Å². The zero-order valence-corrected chi connectivity index (χ0v) is 16.9. The number of fused-ring (bicyclic) bond motifs is 1. The fraction of sp³-hybridized carbons (Fsp3) is 0.333. The van der Waals surface area contributed by atoms with Gasteiger partial charge in [0.1, 0.15) is 5.75 Å². The number of hydrogen-bond acceptors (Lipinski definition) is 4. The number of carbonyl (C=O) groups is 1. The van der Waals surface area contributed by atoms with Crippen molar-refractivity contribution in [1.82, 2.24) is 9.88 Å². The van der Waals surface area contributed by atoms with E-state index in [0.717, 1.165) is 20.9 Å². The Labute approximate surface area is 162 Å². The molecule has 0 saturated carbocycles. The molecule has 0 aliphatic carbocycles. The predicted octanol–water partition coefficient (Wildman–Crippen LogP) is 3.97. The van der Waals surface area contributed by atoms with Crippen LogP contribution in [0.2, 0.25) is 0 Å². The molecule has 142 valence electrons. The topological polar surface area (TPSA) is 60.3 Å². The number of nitrogens with one attached hydrogen (secondary N) is 1. The van der Waals surface area contributed by atoms with Crippen molar-refractivity contribution in [2.45, 2.75) is 33.9 Å². The van der Waals surface area contributed by atoms with Crippen molar-refractivity contribution in [3.63, 3.8) is 0 Å². The zero-order chi connectivity index (χ0) is 19.6. The summed E-state index contributed by atoms with van der Waals surface area (Å²) in [6.45, 7) is 6.99. The van der Waals surface area contributed by atoms with E-state index >= 15 is 0 Å². The lowest BCUT2D eigenvalue weighted by atomic mass is 10.1. The van der Waals surface area contributed by atoms with Crippen molar-refractivity contribution < 1.29 is 9.53 Å². The molecule has 3 aromatic rings. The monoisotopic (exact) mass is 384 g/mol. The summed E-state index contributed by atoms with van der Waals surface area (Å²) in [7, 11) is 1.61. The van der Waals surface area contributed by atoms with E-state index in [2.05, 4.69) is 19.2 Å². The highest BCUT2D eigenvalue weighted by atomic mass is 32.1. The van der Waals surface area contributed by atoms with Crippen LogP contribution in [0.5, 0.6) is 5.75 Å². The molecule has 6 heteroatoms. The van der Waals surface area contributed by atoms with Crippen LogP contribution in [0, 0.1) is 12.8 Å². The zero-order valence-electron chi connectivity index (χ0n) is 16.0. The molecule has 1 aromatic carbocycles. The average Bonchev–Trinajstić information content (AvgIpc) is 2.99. The van der Waals surface area contributed by atoms with Crippen LogP contribution >= 0.6 is 11.3 Å². The Kier molecular flexibility index (Phi) is 5.65. The molecule has 0 unspecified atom stereocenters. The Bertz CT molecular complexity index is 1030. The van der Waals surface area contributed by atoms with Crippen molar-refractivity contribution in [2.75, 3.05) is 7.11 Å². The number of aryl methyl sites for hydroxylation is 1. The second-order valence-electron chi connectivity index (χ2n) is 6.93. The third-order valence-electron chi connectivity index (χ3n) is 4.41. The van der Waals surface area contributed by atoms with Gasteiger partial charge in [0.15, 0.2) is 0 Å². The van der Waals surface area contributed by atoms with Gasteiger partial charge in [-0.1, -0.05) is 32.0 Å². The summed E-state index contributed by atoms with van der Waals surface area (Å²) in [5, 5.41) is 3.45. The lowest BCUT2D eigenvalue weighted by Gasteiger charge is -2.11. The van der Waals surface area contributed by atoms with E-state index in [4.69, 9.17) is 4.74 Å². The number of thiophene rings is 1. The maximum Gasteiger partial charge on any atom is 0.260 e. The Morgan fingerprint density at radius 3 is 2.70 bits per heavy atom. The van der Waals surface area contributed by atoms with Crippen LogP contribution in [0.3, 0.4) is 0 Å². The molecule has 3 rings (SSSR count). The Balaban J connectivity index is 1.94. The normalized spacial score (nSPS) is 11.1. The van der Waals surface area contributed by atoms with Crippen LogP contribution in [0.4, 0.5) is 0 Å². The molecule has 5 nitrogen and oxygen atoms in total. The van der Waals surface area contributed by atoms with Crippen molar-refractivity contribution in [1.29, 1.82) is 0 Å². The minimum Gasteiger partial charge on any atom is -0.496 e. The first-order chi connectivity index (χ1) is 12.9. The molecule has 0 aliphatic heterocycles. The smallest absolute Gasteiger partial charge is 0.260 e. The number of amides is 1. The number of rotatable bonds is 6.